The lowest BCUT2D eigenvalue weighted by Gasteiger charge is -2.36. The van der Waals surface area contributed by atoms with Gasteiger partial charge in [-0.2, -0.15) is 0 Å². The lowest BCUT2D eigenvalue weighted by molar-refractivity contribution is -0.124. The van der Waals surface area contributed by atoms with Gasteiger partial charge in [0.25, 0.3) is 0 Å². The van der Waals surface area contributed by atoms with Gasteiger partial charge in [-0.25, -0.2) is 0 Å². The molecule has 0 radical (unpaired) electrons. The van der Waals surface area contributed by atoms with Crippen molar-refractivity contribution in [3.8, 4) is 5.75 Å². The predicted octanol–water partition coefficient (Wildman–Crippen LogP) is 5.89. The van der Waals surface area contributed by atoms with Crippen molar-refractivity contribution in [1.29, 1.82) is 0 Å². The molecule has 3 fully saturated rings. The van der Waals surface area contributed by atoms with Crippen molar-refractivity contribution in [3.05, 3.63) is 53.1 Å². The molecule has 3 aliphatic carbocycles. The van der Waals surface area contributed by atoms with Gasteiger partial charge in [0.1, 0.15) is 5.75 Å². The summed E-state index contributed by atoms with van der Waals surface area (Å²) in [6, 6.07) is 11.9. The molecule has 0 heterocycles. The van der Waals surface area contributed by atoms with Crippen molar-refractivity contribution >= 4 is 23.2 Å². The summed E-state index contributed by atoms with van der Waals surface area (Å²) in [7, 11) is 1.65. The second-order valence-electron chi connectivity index (χ2n) is 10.8. The van der Waals surface area contributed by atoms with Crippen LogP contribution in [0, 0.1) is 42.4 Å². The molecular weight excluding hydrogens is 424 g/mol. The molecule has 0 bridgehead atoms. The molecule has 3 unspecified atom stereocenters. The van der Waals surface area contributed by atoms with Crippen LogP contribution in [-0.2, 0) is 16.0 Å². The van der Waals surface area contributed by atoms with Gasteiger partial charge >= 0.3 is 0 Å². The standard InChI is InChI=1S/C29H36N2O3/c1-6-21-17(2)8-7-9-22(21)31-27(33)24-25-28(24,4)29(25)14-12-19(13-15-29)26(32)30-20-10-11-23(34-5)18(3)16-20/h7-11,16,19,24-25H,6,12-15H2,1-5H3,(H,30,32)(H,31,33). The molecule has 1 spiro atoms. The lowest BCUT2D eigenvalue weighted by Crippen LogP contribution is -2.36. The van der Waals surface area contributed by atoms with Gasteiger partial charge in [-0.05, 0) is 104 Å². The molecule has 2 aromatic rings. The van der Waals surface area contributed by atoms with Gasteiger partial charge < -0.3 is 15.4 Å². The molecule has 5 nitrogen and oxygen atoms in total. The van der Waals surface area contributed by atoms with E-state index in [1.807, 2.05) is 37.3 Å². The molecule has 0 saturated heterocycles. The van der Waals surface area contributed by atoms with E-state index in [1.54, 1.807) is 7.11 Å². The van der Waals surface area contributed by atoms with Gasteiger partial charge in [0, 0.05) is 23.2 Å². The number of nitrogens with one attached hydrogen (secondary N) is 2. The topological polar surface area (TPSA) is 67.4 Å². The van der Waals surface area contributed by atoms with Crippen LogP contribution in [0.25, 0.3) is 0 Å². The van der Waals surface area contributed by atoms with E-state index in [2.05, 4.69) is 37.5 Å². The van der Waals surface area contributed by atoms with Gasteiger partial charge in [0.15, 0.2) is 0 Å². The largest absolute Gasteiger partial charge is 0.496 e. The van der Waals surface area contributed by atoms with Crippen LogP contribution in [0.4, 0.5) is 11.4 Å². The molecule has 3 aliphatic rings. The van der Waals surface area contributed by atoms with Crippen LogP contribution in [0.2, 0.25) is 0 Å². The van der Waals surface area contributed by atoms with Crippen LogP contribution >= 0.6 is 0 Å². The highest BCUT2D eigenvalue weighted by Gasteiger charge is 2.93. The number of methoxy groups -OCH3 is 1. The van der Waals surface area contributed by atoms with Crippen LogP contribution in [0.5, 0.6) is 5.75 Å². The number of hydrogen-bond donors (Lipinski definition) is 2. The highest BCUT2D eigenvalue weighted by Crippen LogP contribution is 2.94. The Hall–Kier alpha value is -2.82. The van der Waals surface area contributed by atoms with Gasteiger partial charge in [0.2, 0.25) is 11.8 Å². The van der Waals surface area contributed by atoms with Crippen molar-refractivity contribution in [1.82, 2.24) is 0 Å². The maximum Gasteiger partial charge on any atom is 0.228 e. The summed E-state index contributed by atoms with van der Waals surface area (Å²) >= 11 is 0. The minimum Gasteiger partial charge on any atom is -0.496 e. The zero-order valence-electron chi connectivity index (χ0n) is 21.0. The van der Waals surface area contributed by atoms with E-state index in [0.29, 0.717) is 5.92 Å². The smallest absolute Gasteiger partial charge is 0.228 e. The third-order valence-electron chi connectivity index (χ3n) is 9.32. The summed E-state index contributed by atoms with van der Waals surface area (Å²) in [6.45, 7) is 8.50. The summed E-state index contributed by atoms with van der Waals surface area (Å²) in [4.78, 5) is 26.0. The van der Waals surface area contributed by atoms with Crippen molar-refractivity contribution in [2.75, 3.05) is 17.7 Å². The van der Waals surface area contributed by atoms with Gasteiger partial charge in [-0.3, -0.25) is 9.59 Å². The minimum absolute atomic E-state index is 0.0447. The molecule has 0 aromatic heterocycles. The Morgan fingerprint density at radius 2 is 1.74 bits per heavy atom. The fraction of sp³-hybridized carbons (Fsp3) is 0.517. The predicted molar refractivity (Wildman–Crippen MR) is 135 cm³/mol. The van der Waals surface area contributed by atoms with Crippen molar-refractivity contribution in [2.45, 2.75) is 59.8 Å². The Kier molecular flexibility index (Phi) is 5.50. The van der Waals surface area contributed by atoms with E-state index >= 15 is 0 Å². The molecule has 34 heavy (non-hydrogen) atoms. The average Bonchev–Trinajstić information content (AvgIpc) is 3.63. The number of anilines is 2. The van der Waals surface area contributed by atoms with Crippen LogP contribution in [-0.4, -0.2) is 18.9 Å². The van der Waals surface area contributed by atoms with E-state index in [4.69, 9.17) is 4.74 Å². The van der Waals surface area contributed by atoms with E-state index in [0.717, 1.165) is 54.8 Å². The monoisotopic (exact) mass is 460 g/mol. The maximum absolute atomic E-state index is 13.1. The number of ether oxygens (including phenoxy) is 1. The molecule has 0 aliphatic heterocycles. The molecule has 2 N–H and O–H groups in total. The molecule has 3 atom stereocenters. The molecular formula is C29H36N2O3. The number of fused-ring (bicyclic) bond motifs is 3. The van der Waals surface area contributed by atoms with E-state index in [1.165, 1.54) is 11.1 Å². The normalized spacial score (nSPS) is 30.9. The van der Waals surface area contributed by atoms with E-state index in [9.17, 15) is 9.59 Å². The number of hydrogen-bond acceptors (Lipinski definition) is 3. The minimum atomic E-state index is 0.0447. The zero-order chi connectivity index (χ0) is 24.3. The van der Waals surface area contributed by atoms with Gasteiger partial charge in [-0.15, -0.1) is 0 Å². The first kappa shape index (κ1) is 22.9. The summed E-state index contributed by atoms with van der Waals surface area (Å²) in [6.07, 6.45) is 4.81. The lowest BCUT2D eigenvalue weighted by atomic mass is 9.68. The molecule has 5 heteroatoms. The number of benzene rings is 2. The molecule has 2 amide bonds. The Balaban J connectivity index is 1.16. The number of carbonyl (C=O) groups is 2. The van der Waals surface area contributed by atoms with Crippen molar-refractivity contribution in [2.24, 2.45) is 28.6 Å². The SMILES string of the molecule is CCc1c(C)cccc1NC(=O)C1C2C3(CCC(C(=O)Nc4ccc(OC)c(C)c4)CC3)C12C. The highest BCUT2D eigenvalue weighted by molar-refractivity contribution is 5.98. The zero-order valence-corrected chi connectivity index (χ0v) is 21.0. The summed E-state index contributed by atoms with van der Waals surface area (Å²) in [5, 5.41) is 6.32. The molecule has 2 aromatic carbocycles. The van der Waals surface area contributed by atoms with Crippen LogP contribution in [0.3, 0.4) is 0 Å². The number of aryl methyl sites for hydroxylation is 2. The average molecular weight is 461 g/mol. The first-order chi connectivity index (χ1) is 16.3. The molecule has 5 rings (SSSR count). The first-order valence-corrected chi connectivity index (χ1v) is 12.6. The fourth-order valence-corrected chi connectivity index (χ4v) is 7.25. The number of rotatable bonds is 6. The summed E-state index contributed by atoms with van der Waals surface area (Å²) in [5.74, 6) is 1.75. The van der Waals surface area contributed by atoms with E-state index < -0.39 is 0 Å². The Labute approximate surface area is 202 Å². The number of carbonyl (C=O) groups excluding carboxylic acids is 2. The van der Waals surface area contributed by atoms with Crippen LogP contribution < -0.4 is 15.4 Å². The fourth-order valence-electron chi connectivity index (χ4n) is 7.25. The summed E-state index contributed by atoms with van der Waals surface area (Å²) in [5.41, 5.74) is 5.63. The number of amides is 2. The van der Waals surface area contributed by atoms with Crippen LogP contribution in [0.15, 0.2) is 36.4 Å². The second kappa shape index (κ2) is 8.14. The Morgan fingerprint density at radius 1 is 1.03 bits per heavy atom. The quantitative estimate of drug-likeness (QED) is 0.564. The summed E-state index contributed by atoms with van der Waals surface area (Å²) < 4.78 is 5.31. The van der Waals surface area contributed by atoms with Gasteiger partial charge in [0.05, 0.1) is 7.11 Å². The van der Waals surface area contributed by atoms with Gasteiger partial charge in [-0.1, -0.05) is 26.0 Å². The molecule has 3 saturated carbocycles. The molecule has 180 valence electrons. The highest BCUT2D eigenvalue weighted by atomic mass is 16.5. The third kappa shape index (κ3) is 3.35. The first-order valence-electron chi connectivity index (χ1n) is 12.6. The second-order valence-corrected chi connectivity index (χ2v) is 10.8. The Morgan fingerprint density at radius 3 is 2.35 bits per heavy atom. The van der Waals surface area contributed by atoms with Crippen molar-refractivity contribution < 1.29 is 14.3 Å². The maximum atomic E-state index is 13.1. The Bertz CT molecular complexity index is 1150. The van der Waals surface area contributed by atoms with E-state index in [-0.39, 0.29) is 34.5 Å². The van der Waals surface area contributed by atoms with Crippen LogP contribution in [0.1, 0.15) is 56.2 Å². The third-order valence-corrected chi connectivity index (χ3v) is 9.32. The van der Waals surface area contributed by atoms with Crippen molar-refractivity contribution in [3.63, 3.8) is 0 Å².